The standard InChI is InChI=1S/C21H38N.C12H24O2/c1-4-5-6-7-8-9-10-11-12-16-19-22(2,3)20-21-17-14-13-15-18-21;1-2-3-4-5-6-7-8-9-10-11-12(13)14/h13-15,17-18H,4-12,16,19-20H2,1-3H3;2-11H2,1H3,(H,13,14)/q+1;/p-1. The fourth-order valence-electron chi connectivity index (χ4n) is 4.76. The number of carboxylic acid groups (broad SMARTS) is 1. The number of hydrogen-bond acceptors (Lipinski definition) is 2. The first-order valence-corrected chi connectivity index (χ1v) is 15.5. The van der Waals surface area contributed by atoms with Gasteiger partial charge in [-0.05, 0) is 25.7 Å². The lowest BCUT2D eigenvalue weighted by atomic mass is 10.1. The summed E-state index contributed by atoms with van der Waals surface area (Å²) in [6, 6.07) is 10.9. The molecule has 3 nitrogen and oxygen atoms in total. The lowest BCUT2D eigenvalue weighted by Gasteiger charge is -2.30. The summed E-state index contributed by atoms with van der Waals surface area (Å²) in [7, 11) is 4.72. The summed E-state index contributed by atoms with van der Waals surface area (Å²) in [6.07, 6.45) is 25.4. The van der Waals surface area contributed by atoms with Crippen LogP contribution >= 0.6 is 0 Å². The van der Waals surface area contributed by atoms with Gasteiger partial charge in [-0.25, -0.2) is 0 Å². The third kappa shape index (κ3) is 25.7. The third-order valence-corrected chi connectivity index (χ3v) is 7.05. The molecular weight excluding hydrogens is 442 g/mol. The van der Waals surface area contributed by atoms with Crippen LogP contribution in [0, 0.1) is 0 Å². The van der Waals surface area contributed by atoms with Crippen molar-refractivity contribution in [1.29, 1.82) is 0 Å². The Labute approximate surface area is 225 Å². The van der Waals surface area contributed by atoms with Crippen LogP contribution < -0.4 is 5.11 Å². The lowest BCUT2D eigenvalue weighted by molar-refractivity contribution is -0.903. The number of quaternary nitrogens is 1. The van der Waals surface area contributed by atoms with Crippen LogP contribution in [-0.2, 0) is 11.3 Å². The zero-order valence-corrected chi connectivity index (χ0v) is 24.7. The fraction of sp³-hybridized carbons (Fsp3) is 0.788. The number of carboxylic acids is 1. The van der Waals surface area contributed by atoms with E-state index in [0.29, 0.717) is 0 Å². The molecule has 0 bridgehead atoms. The average molecular weight is 504 g/mol. The normalized spacial score (nSPS) is 11.2. The zero-order chi connectivity index (χ0) is 26.7. The molecule has 3 heteroatoms. The highest BCUT2D eigenvalue weighted by Gasteiger charge is 2.14. The van der Waals surface area contributed by atoms with Crippen molar-refractivity contribution in [3.05, 3.63) is 35.9 Å². The minimum absolute atomic E-state index is 0.232. The summed E-state index contributed by atoms with van der Waals surface area (Å²) in [4.78, 5) is 10.1. The van der Waals surface area contributed by atoms with E-state index in [0.717, 1.165) is 23.9 Å². The molecule has 1 aromatic carbocycles. The van der Waals surface area contributed by atoms with Crippen molar-refractivity contribution in [1.82, 2.24) is 0 Å². The molecule has 0 heterocycles. The van der Waals surface area contributed by atoms with Crippen LogP contribution in [-0.4, -0.2) is 31.1 Å². The molecule has 0 amide bonds. The largest absolute Gasteiger partial charge is 0.550 e. The Morgan fingerprint density at radius 3 is 1.42 bits per heavy atom. The number of unbranched alkanes of at least 4 members (excludes halogenated alkanes) is 17. The minimum atomic E-state index is -0.909. The molecule has 0 N–H and O–H groups in total. The first kappa shape index (κ1) is 34.6. The molecule has 0 saturated heterocycles. The van der Waals surface area contributed by atoms with E-state index in [2.05, 4.69) is 58.3 Å². The van der Waals surface area contributed by atoms with Crippen LogP contribution in [0.4, 0.5) is 0 Å². The highest BCUT2D eigenvalue weighted by atomic mass is 16.4. The molecule has 1 aromatic rings. The van der Waals surface area contributed by atoms with Crippen LogP contribution in [0.15, 0.2) is 30.3 Å². The first-order valence-electron chi connectivity index (χ1n) is 15.5. The van der Waals surface area contributed by atoms with Gasteiger partial charge in [-0.3, -0.25) is 0 Å². The summed E-state index contributed by atoms with van der Waals surface area (Å²) in [5, 5.41) is 10.1. The van der Waals surface area contributed by atoms with Gasteiger partial charge in [0.05, 0.1) is 20.6 Å². The van der Waals surface area contributed by atoms with E-state index in [9.17, 15) is 9.90 Å². The zero-order valence-electron chi connectivity index (χ0n) is 24.7. The molecule has 0 aliphatic heterocycles. The van der Waals surface area contributed by atoms with Crippen molar-refractivity contribution in [3.63, 3.8) is 0 Å². The van der Waals surface area contributed by atoms with Crippen molar-refractivity contribution in [2.24, 2.45) is 0 Å². The maximum Gasteiger partial charge on any atom is 0.104 e. The van der Waals surface area contributed by atoms with E-state index in [4.69, 9.17) is 0 Å². The van der Waals surface area contributed by atoms with E-state index in [1.807, 2.05) is 0 Å². The summed E-state index contributed by atoms with van der Waals surface area (Å²) < 4.78 is 1.11. The van der Waals surface area contributed by atoms with Gasteiger partial charge >= 0.3 is 0 Å². The molecule has 0 saturated carbocycles. The Morgan fingerprint density at radius 1 is 0.611 bits per heavy atom. The number of aliphatic carboxylic acids is 1. The van der Waals surface area contributed by atoms with Crippen LogP contribution in [0.25, 0.3) is 0 Å². The van der Waals surface area contributed by atoms with E-state index < -0.39 is 5.97 Å². The van der Waals surface area contributed by atoms with E-state index in [1.165, 1.54) is 121 Å². The van der Waals surface area contributed by atoms with Gasteiger partial charge in [0.15, 0.2) is 0 Å². The monoisotopic (exact) mass is 503 g/mol. The number of benzene rings is 1. The van der Waals surface area contributed by atoms with Gasteiger partial charge < -0.3 is 14.4 Å². The van der Waals surface area contributed by atoms with Crippen molar-refractivity contribution in [2.45, 2.75) is 149 Å². The number of carbonyl (C=O) groups is 1. The molecule has 0 aliphatic rings. The minimum Gasteiger partial charge on any atom is -0.550 e. The predicted octanol–water partition coefficient (Wildman–Crippen LogP) is 8.84. The molecular formula is C33H61NO2. The van der Waals surface area contributed by atoms with Gasteiger partial charge in [-0.2, -0.15) is 0 Å². The number of hydrogen-bond donors (Lipinski definition) is 0. The van der Waals surface area contributed by atoms with Crippen molar-refractivity contribution < 1.29 is 14.4 Å². The van der Waals surface area contributed by atoms with E-state index in [-0.39, 0.29) is 6.42 Å². The fourth-order valence-corrected chi connectivity index (χ4v) is 4.76. The Bertz CT molecular complexity index is 585. The summed E-state index contributed by atoms with van der Waals surface area (Å²) in [5.74, 6) is -0.909. The molecule has 0 aliphatic carbocycles. The maximum atomic E-state index is 10.1. The van der Waals surface area contributed by atoms with Crippen molar-refractivity contribution >= 4 is 5.97 Å². The van der Waals surface area contributed by atoms with Gasteiger partial charge in [0, 0.05) is 11.5 Å². The molecule has 36 heavy (non-hydrogen) atoms. The second kappa shape index (κ2) is 25.3. The average Bonchev–Trinajstić information content (AvgIpc) is 2.85. The van der Waals surface area contributed by atoms with Crippen molar-refractivity contribution in [3.8, 4) is 0 Å². The Balaban J connectivity index is 0.000000757. The topological polar surface area (TPSA) is 40.1 Å². The smallest absolute Gasteiger partial charge is 0.104 e. The number of carbonyl (C=O) groups excluding carboxylic acids is 1. The number of nitrogens with zero attached hydrogens (tertiary/aromatic N) is 1. The summed E-state index contributed by atoms with van der Waals surface area (Å²) in [6.45, 7) is 6.96. The van der Waals surface area contributed by atoms with Gasteiger partial charge in [0.1, 0.15) is 6.54 Å². The van der Waals surface area contributed by atoms with Crippen LogP contribution in [0.2, 0.25) is 0 Å². The molecule has 0 spiro atoms. The van der Waals surface area contributed by atoms with E-state index >= 15 is 0 Å². The molecule has 1 rings (SSSR count). The SMILES string of the molecule is CCCCCCCCCCCC(=O)[O-].CCCCCCCCCCCC[N+](C)(C)Cc1ccccc1. The molecule has 0 atom stereocenters. The first-order chi connectivity index (χ1) is 17.4. The third-order valence-electron chi connectivity index (χ3n) is 7.05. The maximum absolute atomic E-state index is 10.1. The van der Waals surface area contributed by atoms with Crippen LogP contribution in [0.3, 0.4) is 0 Å². The van der Waals surface area contributed by atoms with E-state index in [1.54, 1.807) is 0 Å². The highest BCUT2D eigenvalue weighted by molar-refractivity contribution is 5.64. The van der Waals surface area contributed by atoms with Crippen LogP contribution in [0.5, 0.6) is 0 Å². The van der Waals surface area contributed by atoms with Gasteiger partial charge in [0.25, 0.3) is 0 Å². The summed E-state index contributed by atoms with van der Waals surface area (Å²) >= 11 is 0. The molecule has 0 aromatic heterocycles. The molecule has 0 radical (unpaired) electrons. The second-order valence-electron chi connectivity index (χ2n) is 11.4. The predicted molar refractivity (Wildman–Crippen MR) is 156 cm³/mol. The van der Waals surface area contributed by atoms with Crippen molar-refractivity contribution in [2.75, 3.05) is 20.6 Å². The Kier molecular flexibility index (Phi) is 24.4. The quantitative estimate of drug-likeness (QED) is 0.110. The lowest BCUT2D eigenvalue weighted by Crippen LogP contribution is -2.39. The number of rotatable bonds is 23. The van der Waals surface area contributed by atoms with Gasteiger partial charge in [0.2, 0.25) is 0 Å². The Morgan fingerprint density at radius 2 is 1.00 bits per heavy atom. The molecule has 0 unspecified atom stereocenters. The van der Waals surface area contributed by atoms with Gasteiger partial charge in [-0.1, -0.05) is 147 Å². The molecule has 0 fully saturated rings. The van der Waals surface area contributed by atoms with Crippen LogP contribution in [0.1, 0.15) is 148 Å². The Hall–Kier alpha value is -1.35. The molecule has 210 valence electrons. The van der Waals surface area contributed by atoms with Gasteiger partial charge in [-0.15, -0.1) is 0 Å². The summed E-state index contributed by atoms with van der Waals surface area (Å²) in [5.41, 5.74) is 1.46. The second-order valence-corrected chi connectivity index (χ2v) is 11.4. The highest BCUT2D eigenvalue weighted by Crippen LogP contribution is 2.14.